The van der Waals surface area contributed by atoms with Crippen molar-refractivity contribution >= 4 is 32.7 Å². The standard InChI is InChI=1S/C45H33N5/c1-4-15-30(16-5-1)43-46-44(31-17-6-2-7-18-31)48-45(47-43)32-19-14-22-34(29-32)50-40-26-13-11-24-36(40)38-28-27-37-35-23-10-12-25-39(35)49(41(37)42(38)50)33-20-8-3-9-21-33/h1-9,11,13-22,24,26-29H,10,12,23,25H2. The third-order valence-corrected chi connectivity index (χ3v) is 10.1. The topological polar surface area (TPSA) is 48.5 Å². The lowest BCUT2D eigenvalue weighted by molar-refractivity contribution is 0.667. The van der Waals surface area contributed by atoms with E-state index in [0.29, 0.717) is 17.5 Å². The molecule has 1 aliphatic carbocycles. The van der Waals surface area contributed by atoms with E-state index >= 15 is 0 Å². The highest BCUT2D eigenvalue weighted by molar-refractivity contribution is 6.19. The minimum Gasteiger partial charge on any atom is -0.311 e. The molecule has 3 heterocycles. The van der Waals surface area contributed by atoms with Crippen LogP contribution in [0.2, 0.25) is 0 Å². The van der Waals surface area contributed by atoms with Gasteiger partial charge in [-0.25, -0.2) is 15.0 Å². The fourth-order valence-electron chi connectivity index (χ4n) is 7.92. The second kappa shape index (κ2) is 11.7. The highest BCUT2D eigenvalue weighted by Gasteiger charge is 2.25. The zero-order chi connectivity index (χ0) is 33.0. The predicted molar refractivity (Wildman–Crippen MR) is 204 cm³/mol. The summed E-state index contributed by atoms with van der Waals surface area (Å²) in [5, 5.41) is 3.85. The van der Waals surface area contributed by atoms with Crippen LogP contribution in [0.15, 0.2) is 152 Å². The van der Waals surface area contributed by atoms with Gasteiger partial charge in [0.1, 0.15) is 0 Å². The number of hydrogen-bond donors (Lipinski definition) is 0. The number of aryl methyl sites for hydroxylation is 1. The van der Waals surface area contributed by atoms with Gasteiger partial charge in [0, 0.05) is 49.9 Å². The molecule has 9 aromatic rings. The molecule has 0 N–H and O–H groups in total. The highest BCUT2D eigenvalue weighted by Crippen LogP contribution is 2.42. The Morgan fingerprint density at radius 1 is 0.400 bits per heavy atom. The van der Waals surface area contributed by atoms with Crippen LogP contribution in [-0.4, -0.2) is 24.1 Å². The highest BCUT2D eigenvalue weighted by atomic mass is 15.1. The van der Waals surface area contributed by atoms with Gasteiger partial charge in [0.05, 0.1) is 16.6 Å². The lowest BCUT2D eigenvalue weighted by Crippen LogP contribution is -2.07. The van der Waals surface area contributed by atoms with E-state index in [1.165, 1.54) is 62.5 Å². The Bertz CT molecular complexity index is 2630. The number of rotatable bonds is 5. The first-order valence-electron chi connectivity index (χ1n) is 17.4. The van der Waals surface area contributed by atoms with Crippen molar-refractivity contribution in [2.75, 3.05) is 0 Å². The smallest absolute Gasteiger partial charge is 0.164 e. The average molecular weight is 644 g/mol. The quantitative estimate of drug-likeness (QED) is 0.187. The minimum absolute atomic E-state index is 0.647. The predicted octanol–water partition coefficient (Wildman–Crippen LogP) is 10.8. The Kier molecular flexibility index (Phi) is 6.69. The molecule has 5 nitrogen and oxygen atoms in total. The van der Waals surface area contributed by atoms with Gasteiger partial charge in [0.2, 0.25) is 0 Å². The van der Waals surface area contributed by atoms with Crippen molar-refractivity contribution in [2.45, 2.75) is 25.7 Å². The Balaban J connectivity index is 1.25. The molecule has 0 unspecified atom stereocenters. The Hall–Kier alpha value is -6.33. The van der Waals surface area contributed by atoms with E-state index < -0.39 is 0 Å². The third-order valence-electron chi connectivity index (χ3n) is 10.1. The van der Waals surface area contributed by atoms with Gasteiger partial charge < -0.3 is 9.13 Å². The van der Waals surface area contributed by atoms with Crippen LogP contribution in [0.5, 0.6) is 0 Å². The van der Waals surface area contributed by atoms with Gasteiger partial charge in [-0.1, -0.05) is 121 Å². The number of nitrogens with zero attached hydrogens (tertiary/aromatic N) is 5. The number of benzene rings is 6. The van der Waals surface area contributed by atoms with Crippen molar-refractivity contribution in [1.82, 2.24) is 24.1 Å². The molecule has 0 atom stereocenters. The molecule has 0 aliphatic heterocycles. The van der Waals surface area contributed by atoms with E-state index in [4.69, 9.17) is 15.0 Å². The Morgan fingerprint density at radius 3 is 1.66 bits per heavy atom. The van der Waals surface area contributed by atoms with Gasteiger partial charge >= 0.3 is 0 Å². The van der Waals surface area contributed by atoms with E-state index in [2.05, 4.69) is 124 Å². The minimum atomic E-state index is 0.647. The summed E-state index contributed by atoms with van der Waals surface area (Å²) in [6.45, 7) is 0. The van der Waals surface area contributed by atoms with Crippen LogP contribution in [0.25, 0.3) is 78.2 Å². The molecule has 50 heavy (non-hydrogen) atoms. The molecule has 5 heteroatoms. The van der Waals surface area contributed by atoms with Crippen molar-refractivity contribution in [1.29, 1.82) is 0 Å². The van der Waals surface area contributed by atoms with Gasteiger partial charge in [-0.2, -0.15) is 0 Å². The van der Waals surface area contributed by atoms with E-state index in [-0.39, 0.29) is 0 Å². The molecular weight excluding hydrogens is 611 g/mol. The van der Waals surface area contributed by atoms with Crippen LogP contribution in [0.1, 0.15) is 24.1 Å². The molecule has 238 valence electrons. The molecule has 0 saturated carbocycles. The summed E-state index contributed by atoms with van der Waals surface area (Å²) in [4.78, 5) is 15.0. The van der Waals surface area contributed by atoms with E-state index in [9.17, 15) is 0 Å². The van der Waals surface area contributed by atoms with Gasteiger partial charge in [0.15, 0.2) is 17.5 Å². The van der Waals surface area contributed by atoms with Crippen molar-refractivity contribution in [3.63, 3.8) is 0 Å². The molecule has 0 radical (unpaired) electrons. The van der Waals surface area contributed by atoms with Gasteiger partial charge in [-0.05, 0) is 61.6 Å². The molecular formula is C45H33N5. The summed E-state index contributed by atoms with van der Waals surface area (Å²) in [5.74, 6) is 1.96. The van der Waals surface area contributed by atoms with Crippen molar-refractivity contribution in [3.05, 3.63) is 163 Å². The summed E-state index contributed by atoms with van der Waals surface area (Å²) in [5.41, 5.74) is 11.8. The Labute approximate surface area is 290 Å². The molecule has 0 spiro atoms. The van der Waals surface area contributed by atoms with Gasteiger partial charge in [0.25, 0.3) is 0 Å². The fraction of sp³-hybridized carbons (Fsp3) is 0.0889. The molecule has 0 amide bonds. The maximum atomic E-state index is 5.06. The fourth-order valence-corrected chi connectivity index (χ4v) is 7.92. The Morgan fingerprint density at radius 2 is 0.940 bits per heavy atom. The maximum absolute atomic E-state index is 5.06. The molecule has 6 aromatic carbocycles. The van der Waals surface area contributed by atoms with Gasteiger partial charge in [-0.15, -0.1) is 0 Å². The van der Waals surface area contributed by atoms with E-state index in [1.54, 1.807) is 0 Å². The zero-order valence-corrected chi connectivity index (χ0v) is 27.5. The molecule has 1 aliphatic rings. The number of hydrogen-bond acceptors (Lipinski definition) is 3. The first-order valence-corrected chi connectivity index (χ1v) is 17.4. The van der Waals surface area contributed by atoms with Gasteiger partial charge in [-0.3, -0.25) is 0 Å². The number of para-hydroxylation sites is 2. The SMILES string of the molecule is c1ccc(-c2nc(-c3ccccc3)nc(-c3cccc(-n4c5ccccc5c5ccc6c7c(n(-c8ccccc8)c6c54)CCCC7)c3)n2)cc1. The molecule has 0 saturated heterocycles. The maximum Gasteiger partial charge on any atom is 0.164 e. The van der Waals surface area contributed by atoms with Crippen molar-refractivity contribution in [3.8, 4) is 45.5 Å². The summed E-state index contributed by atoms with van der Waals surface area (Å²) >= 11 is 0. The second-order valence-electron chi connectivity index (χ2n) is 13.1. The lowest BCUT2D eigenvalue weighted by Gasteiger charge is -2.17. The first-order chi connectivity index (χ1) is 24.8. The monoisotopic (exact) mass is 643 g/mol. The lowest BCUT2D eigenvalue weighted by atomic mass is 9.95. The molecule has 0 bridgehead atoms. The largest absolute Gasteiger partial charge is 0.311 e. The molecule has 0 fully saturated rings. The van der Waals surface area contributed by atoms with Crippen LogP contribution >= 0.6 is 0 Å². The first kappa shape index (κ1) is 28.7. The summed E-state index contributed by atoms with van der Waals surface area (Å²) in [6, 6.07) is 53.4. The van der Waals surface area contributed by atoms with Crippen LogP contribution in [0.3, 0.4) is 0 Å². The van der Waals surface area contributed by atoms with E-state index in [1.807, 2.05) is 36.4 Å². The normalized spacial score (nSPS) is 12.9. The summed E-state index contributed by atoms with van der Waals surface area (Å²) < 4.78 is 5.01. The van der Waals surface area contributed by atoms with Crippen LogP contribution in [0.4, 0.5) is 0 Å². The number of aromatic nitrogens is 5. The number of fused-ring (bicyclic) bond motifs is 7. The molecule has 10 rings (SSSR count). The van der Waals surface area contributed by atoms with Crippen LogP contribution in [-0.2, 0) is 12.8 Å². The average Bonchev–Trinajstić information content (AvgIpc) is 3.72. The summed E-state index contributed by atoms with van der Waals surface area (Å²) in [7, 11) is 0. The summed E-state index contributed by atoms with van der Waals surface area (Å²) in [6.07, 6.45) is 4.64. The zero-order valence-electron chi connectivity index (χ0n) is 27.5. The van der Waals surface area contributed by atoms with Crippen molar-refractivity contribution < 1.29 is 0 Å². The molecule has 3 aromatic heterocycles. The second-order valence-corrected chi connectivity index (χ2v) is 13.1. The van der Waals surface area contributed by atoms with Crippen molar-refractivity contribution in [2.24, 2.45) is 0 Å². The van der Waals surface area contributed by atoms with Crippen LogP contribution in [0, 0.1) is 0 Å². The van der Waals surface area contributed by atoms with Crippen LogP contribution < -0.4 is 0 Å². The van der Waals surface area contributed by atoms with E-state index in [0.717, 1.165) is 35.2 Å². The third kappa shape index (κ3) is 4.58.